The van der Waals surface area contributed by atoms with E-state index in [4.69, 9.17) is 37.9 Å². The summed E-state index contributed by atoms with van der Waals surface area (Å²) in [6.07, 6.45) is -47.4. The monoisotopic (exact) mass is 844 g/mol. The fourth-order valence-corrected chi connectivity index (χ4v) is 6.47. The van der Waals surface area contributed by atoms with Crippen molar-refractivity contribution in [1.29, 1.82) is 0 Å². The summed E-state index contributed by atoms with van der Waals surface area (Å²) in [6, 6.07) is 0. The smallest absolute Gasteiger partial charge is 0.335 e. The van der Waals surface area contributed by atoms with Gasteiger partial charge in [-0.2, -0.15) is 0 Å². The van der Waals surface area contributed by atoms with Crippen LogP contribution in [-0.4, -0.2) is 278 Å². The third-order valence-corrected chi connectivity index (χ3v) is 9.91. The van der Waals surface area contributed by atoms with Gasteiger partial charge >= 0.3 is 5.97 Å². The highest BCUT2D eigenvalue weighted by Crippen LogP contribution is 2.34. The average molecular weight is 845 g/mol. The third-order valence-electron chi connectivity index (χ3n) is 9.91. The number of carboxylic acid groups (broad SMARTS) is 1. The summed E-state index contributed by atoms with van der Waals surface area (Å²) in [5, 5.41) is 184. The zero-order valence-electron chi connectivity index (χ0n) is 29.6. The van der Waals surface area contributed by atoms with Gasteiger partial charge in [0.2, 0.25) is 0 Å². The maximum Gasteiger partial charge on any atom is 0.335 e. The molecule has 4 fully saturated rings. The van der Waals surface area contributed by atoms with Crippen LogP contribution < -0.4 is 0 Å². The second kappa shape index (κ2) is 20.8. The van der Waals surface area contributed by atoms with Crippen LogP contribution in [0.25, 0.3) is 0 Å². The first-order valence-corrected chi connectivity index (χ1v) is 17.5. The summed E-state index contributed by atoms with van der Waals surface area (Å²) in [4.78, 5) is 12.2. The van der Waals surface area contributed by atoms with Crippen LogP contribution in [0.4, 0.5) is 0 Å². The topological polar surface area (TPSA) is 455 Å². The van der Waals surface area contributed by atoms with Crippen LogP contribution in [0.3, 0.4) is 0 Å². The standard InChI is InChI=1S/C30H52O27/c31-1-6(35)22-21(47)24(56-29-20(46)17(43)23(25(57-29)26(48)49)55-28-19(45)16(42)14(40)10(4-34)53-28)30(54-22)50-5-7(36)11(37)12(38)8(2-32)51-27-18(44)15(41)13(39)9(3-33)52-27/h6-25,27-47H,1-5H2,(H,48,49)/t6-,7-,8-,9-,10-,11-,12-,13-,14-,15+,16+,17-,18+,19+,20-,21+,22+,23+,24-,25+,27+,28+,29+,30-/m1/s1. The second-order valence-electron chi connectivity index (χ2n) is 13.8. The van der Waals surface area contributed by atoms with E-state index in [0.717, 1.165) is 0 Å². The van der Waals surface area contributed by atoms with Crippen LogP contribution in [0.2, 0.25) is 0 Å². The van der Waals surface area contributed by atoms with E-state index in [0.29, 0.717) is 0 Å². The Balaban J connectivity index is 1.44. The average Bonchev–Trinajstić information content (AvgIpc) is 3.51. The van der Waals surface area contributed by atoms with Gasteiger partial charge in [-0.25, -0.2) is 4.79 Å². The van der Waals surface area contributed by atoms with Crippen molar-refractivity contribution in [2.45, 2.75) is 147 Å². The highest BCUT2D eigenvalue weighted by atomic mass is 16.8. The molecule has 0 radical (unpaired) electrons. The van der Waals surface area contributed by atoms with Crippen molar-refractivity contribution in [3.63, 3.8) is 0 Å². The second-order valence-corrected chi connectivity index (χ2v) is 13.8. The molecule has 27 nitrogen and oxygen atoms in total. The molecule has 24 atom stereocenters. The molecule has 334 valence electrons. The van der Waals surface area contributed by atoms with E-state index < -0.39 is 186 Å². The minimum atomic E-state index is -2.28. The molecule has 0 unspecified atom stereocenters. The van der Waals surface area contributed by atoms with Crippen LogP contribution >= 0.6 is 0 Å². The lowest BCUT2D eigenvalue weighted by Gasteiger charge is -2.45. The van der Waals surface area contributed by atoms with E-state index in [9.17, 15) is 96.7 Å². The van der Waals surface area contributed by atoms with Gasteiger partial charge < -0.3 is 130 Å². The molecule has 0 aromatic rings. The Morgan fingerprint density at radius 2 is 1.05 bits per heavy atom. The van der Waals surface area contributed by atoms with Gasteiger partial charge in [-0.05, 0) is 0 Å². The molecule has 57 heavy (non-hydrogen) atoms. The lowest BCUT2D eigenvalue weighted by molar-refractivity contribution is -0.362. The Kier molecular flexibility index (Phi) is 17.6. The molecule has 0 spiro atoms. The summed E-state index contributed by atoms with van der Waals surface area (Å²) >= 11 is 0. The Bertz CT molecular complexity index is 1230. The fraction of sp³-hybridized carbons (Fsp3) is 0.967. The molecule has 4 heterocycles. The summed E-state index contributed by atoms with van der Waals surface area (Å²) < 4.78 is 42.6. The van der Waals surface area contributed by atoms with Gasteiger partial charge in [0.1, 0.15) is 116 Å². The van der Waals surface area contributed by atoms with Crippen LogP contribution in [0, 0.1) is 0 Å². The van der Waals surface area contributed by atoms with Gasteiger partial charge in [0.25, 0.3) is 0 Å². The molecule has 0 aromatic carbocycles. The number of aliphatic hydroxyl groups is 17. The largest absolute Gasteiger partial charge is 0.479 e. The van der Waals surface area contributed by atoms with Crippen molar-refractivity contribution in [2.24, 2.45) is 0 Å². The Morgan fingerprint density at radius 1 is 0.544 bits per heavy atom. The van der Waals surface area contributed by atoms with Crippen molar-refractivity contribution in [3.05, 3.63) is 0 Å². The van der Waals surface area contributed by atoms with Crippen molar-refractivity contribution in [3.8, 4) is 0 Å². The summed E-state index contributed by atoms with van der Waals surface area (Å²) in [6.45, 7) is -4.89. The molecule has 4 aliphatic rings. The van der Waals surface area contributed by atoms with E-state index in [-0.39, 0.29) is 0 Å². The Hall–Kier alpha value is -1.53. The molecule has 0 aliphatic carbocycles. The highest BCUT2D eigenvalue weighted by Gasteiger charge is 2.56. The quantitative estimate of drug-likeness (QED) is 0.0609. The Labute approximate surface area is 321 Å². The summed E-state index contributed by atoms with van der Waals surface area (Å²) in [7, 11) is 0. The Morgan fingerprint density at radius 3 is 1.58 bits per heavy atom. The number of hydrogen-bond acceptors (Lipinski definition) is 26. The van der Waals surface area contributed by atoms with E-state index in [2.05, 4.69) is 0 Å². The van der Waals surface area contributed by atoms with Crippen LogP contribution in [0.15, 0.2) is 0 Å². The first kappa shape index (κ1) is 48.1. The van der Waals surface area contributed by atoms with E-state index in [1.165, 1.54) is 0 Å². The van der Waals surface area contributed by atoms with Gasteiger partial charge in [0.05, 0.1) is 33.0 Å². The molecular formula is C30H52O27. The lowest BCUT2D eigenvalue weighted by Crippen LogP contribution is -2.65. The fourth-order valence-electron chi connectivity index (χ4n) is 6.47. The predicted octanol–water partition coefficient (Wildman–Crippen LogP) is -12.2. The van der Waals surface area contributed by atoms with E-state index >= 15 is 0 Å². The molecule has 4 aliphatic heterocycles. The summed E-state index contributed by atoms with van der Waals surface area (Å²) in [5.74, 6) is -1.86. The number of ether oxygens (including phenoxy) is 8. The first-order chi connectivity index (χ1) is 26.8. The molecule has 0 saturated carbocycles. The molecule has 0 amide bonds. The molecule has 27 heteroatoms. The summed E-state index contributed by atoms with van der Waals surface area (Å²) in [5.41, 5.74) is 0. The SMILES string of the molecule is O=C(O)[C@H]1O[C@H](O[C@H]2[C@H](OC[C@@H](O)[C@@H](O)[C@H](O)[C@@H](CO)O[C@H]3O[C@H](CO)[C@@H](O)[C@H](O)[C@@H]3O)O[C@@H]([C@H](O)CO)[C@@H]2O)[C@H](O)[C@@H](O)[C@@H]1O[C@@H]1O[C@H](CO)[C@@H](O)[C@H](O)[C@@H]1O. The number of carboxylic acids is 1. The third kappa shape index (κ3) is 10.5. The van der Waals surface area contributed by atoms with Crippen molar-refractivity contribution < 1.29 is 135 Å². The van der Waals surface area contributed by atoms with Crippen LogP contribution in [0.1, 0.15) is 0 Å². The highest BCUT2D eigenvalue weighted by molar-refractivity contribution is 5.73. The van der Waals surface area contributed by atoms with Gasteiger partial charge in [-0.15, -0.1) is 0 Å². The normalized spacial score (nSPS) is 45.6. The van der Waals surface area contributed by atoms with Crippen molar-refractivity contribution >= 4 is 5.97 Å². The molecule has 18 N–H and O–H groups in total. The first-order valence-electron chi connectivity index (χ1n) is 17.5. The molecule has 4 rings (SSSR count). The van der Waals surface area contributed by atoms with Gasteiger partial charge in [0, 0.05) is 0 Å². The van der Waals surface area contributed by atoms with Crippen molar-refractivity contribution in [1.82, 2.24) is 0 Å². The number of hydrogen-bond donors (Lipinski definition) is 18. The number of aliphatic carboxylic acids is 1. The van der Waals surface area contributed by atoms with Gasteiger partial charge in [-0.1, -0.05) is 0 Å². The minimum Gasteiger partial charge on any atom is -0.479 e. The maximum atomic E-state index is 12.2. The van der Waals surface area contributed by atoms with Crippen LogP contribution in [0.5, 0.6) is 0 Å². The molecule has 0 aromatic heterocycles. The van der Waals surface area contributed by atoms with E-state index in [1.807, 2.05) is 0 Å². The lowest BCUT2D eigenvalue weighted by atomic mass is 9.96. The zero-order chi connectivity index (χ0) is 42.6. The maximum absolute atomic E-state index is 12.2. The van der Waals surface area contributed by atoms with Crippen molar-refractivity contribution in [2.75, 3.05) is 33.0 Å². The minimum absolute atomic E-state index is 0.846. The predicted molar refractivity (Wildman–Crippen MR) is 169 cm³/mol. The van der Waals surface area contributed by atoms with Crippen LogP contribution in [-0.2, 0) is 42.7 Å². The molecule has 4 saturated heterocycles. The number of carbonyl (C=O) groups is 1. The molecule has 0 bridgehead atoms. The number of aliphatic hydroxyl groups excluding tert-OH is 17. The van der Waals surface area contributed by atoms with E-state index in [1.54, 1.807) is 0 Å². The van der Waals surface area contributed by atoms with Gasteiger partial charge in [-0.3, -0.25) is 0 Å². The number of rotatable bonds is 18. The zero-order valence-corrected chi connectivity index (χ0v) is 29.6. The van der Waals surface area contributed by atoms with Gasteiger partial charge in [0.15, 0.2) is 31.3 Å². The molecular weight excluding hydrogens is 792 g/mol.